The lowest BCUT2D eigenvalue weighted by molar-refractivity contribution is -0.122. The van der Waals surface area contributed by atoms with Gasteiger partial charge in [0.25, 0.3) is 11.8 Å². The Kier molecular flexibility index (Phi) is 7.54. The van der Waals surface area contributed by atoms with E-state index >= 15 is 0 Å². The van der Waals surface area contributed by atoms with Crippen LogP contribution in [0.5, 0.6) is 11.5 Å². The summed E-state index contributed by atoms with van der Waals surface area (Å²) in [6.45, 7) is 1.81. The van der Waals surface area contributed by atoms with E-state index in [1.54, 1.807) is 55.5 Å². The summed E-state index contributed by atoms with van der Waals surface area (Å²) in [5.41, 5.74) is 1.74. The molecule has 1 heterocycles. The third-order valence-electron chi connectivity index (χ3n) is 5.43. The van der Waals surface area contributed by atoms with E-state index in [0.717, 1.165) is 4.90 Å². The van der Waals surface area contributed by atoms with Crippen LogP contribution in [0.4, 0.5) is 10.5 Å². The molecule has 0 bridgehead atoms. The standard InChI is InChI=1S/C26H19Cl3N2O5/c1-14-3-6-18(28)11-22(14)31-25(33)20(24(32)30-26(31)34)9-15-5-8-19(35-2)12-23(15)36-13-16-4-7-17(27)10-21(16)29/h3-12H,13H2,1-2H3,(H,30,32,34)/b20-9+. The maximum atomic E-state index is 13.3. The van der Waals surface area contributed by atoms with Crippen molar-refractivity contribution in [2.24, 2.45) is 0 Å². The first-order valence-corrected chi connectivity index (χ1v) is 11.7. The zero-order valence-electron chi connectivity index (χ0n) is 19.1. The number of barbiturate groups is 1. The normalized spacial score (nSPS) is 14.8. The van der Waals surface area contributed by atoms with E-state index in [1.165, 1.54) is 19.3 Å². The largest absolute Gasteiger partial charge is 0.497 e. The third kappa shape index (κ3) is 5.33. The van der Waals surface area contributed by atoms with Gasteiger partial charge in [0.2, 0.25) is 0 Å². The maximum Gasteiger partial charge on any atom is 0.335 e. The Morgan fingerprint density at radius 2 is 1.67 bits per heavy atom. The summed E-state index contributed by atoms with van der Waals surface area (Å²) < 4.78 is 11.3. The lowest BCUT2D eigenvalue weighted by Gasteiger charge is -2.27. The summed E-state index contributed by atoms with van der Waals surface area (Å²) in [5.74, 6) is -0.795. The average molecular weight is 546 g/mol. The number of benzene rings is 3. The predicted molar refractivity (Wildman–Crippen MR) is 139 cm³/mol. The first kappa shape index (κ1) is 25.6. The first-order chi connectivity index (χ1) is 17.2. The SMILES string of the molecule is COc1ccc(/C=C2\C(=O)NC(=O)N(c3cc(Cl)ccc3C)C2=O)c(OCc2ccc(Cl)cc2Cl)c1. The molecule has 0 spiro atoms. The zero-order valence-corrected chi connectivity index (χ0v) is 21.4. The number of anilines is 1. The van der Waals surface area contributed by atoms with Crippen LogP contribution in [0.25, 0.3) is 6.08 Å². The molecule has 0 aliphatic carbocycles. The van der Waals surface area contributed by atoms with Gasteiger partial charge in [0.05, 0.1) is 12.8 Å². The Hall–Kier alpha value is -3.52. The number of nitrogens with one attached hydrogen (secondary N) is 1. The fraction of sp³-hybridized carbons (Fsp3) is 0.115. The van der Waals surface area contributed by atoms with Crippen LogP contribution in [-0.4, -0.2) is 25.0 Å². The molecule has 184 valence electrons. The second-order valence-electron chi connectivity index (χ2n) is 7.82. The number of hydrogen-bond acceptors (Lipinski definition) is 5. The molecule has 1 N–H and O–H groups in total. The Labute approximate surface area is 222 Å². The summed E-state index contributed by atoms with van der Waals surface area (Å²) in [4.78, 5) is 39.5. The Balaban J connectivity index is 1.71. The molecule has 4 rings (SSSR count). The highest BCUT2D eigenvalue weighted by Gasteiger charge is 2.37. The van der Waals surface area contributed by atoms with E-state index in [4.69, 9.17) is 44.3 Å². The van der Waals surface area contributed by atoms with Gasteiger partial charge in [-0.3, -0.25) is 14.9 Å². The monoisotopic (exact) mass is 544 g/mol. The zero-order chi connectivity index (χ0) is 26.0. The third-order valence-corrected chi connectivity index (χ3v) is 6.25. The number of imide groups is 2. The van der Waals surface area contributed by atoms with Gasteiger partial charge in [0, 0.05) is 32.3 Å². The van der Waals surface area contributed by atoms with Gasteiger partial charge in [-0.05, 0) is 55.0 Å². The maximum absolute atomic E-state index is 13.3. The molecule has 0 atom stereocenters. The van der Waals surface area contributed by atoms with E-state index in [1.807, 2.05) is 0 Å². The number of amides is 4. The van der Waals surface area contributed by atoms with Crippen molar-refractivity contribution in [3.63, 3.8) is 0 Å². The summed E-state index contributed by atoms with van der Waals surface area (Å²) in [5, 5.41) is 3.47. The Bertz CT molecular complexity index is 1420. The van der Waals surface area contributed by atoms with Crippen molar-refractivity contribution in [2.75, 3.05) is 12.0 Å². The highest BCUT2D eigenvalue weighted by Crippen LogP contribution is 2.32. The Morgan fingerprint density at radius 3 is 2.39 bits per heavy atom. The van der Waals surface area contributed by atoms with Crippen LogP contribution >= 0.6 is 34.8 Å². The van der Waals surface area contributed by atoms with Gasteiger partial charge in [-0.15, -0.1) is 0 Å². The Morgan fingerprint density at radius 1 is 0.944 bits per heavy atom. The molecule has 4 amide bonds. The summed E-state index contributed by atoms with van der Waals surface area (Å²) >= 11 is 18.3. The highest BCUT2D eigenvalue weighted by molar-refractivity contribution is 6.40. The topological polar surface area (TPSA) is 84.9 Å². The smallest absolute Gasteiger partial charge is 0.335 e. The molecule has 0 radical (unpaired) electrons. The summed E-state index contributed by atoms with van der Waals surface area (Å²) in [6.07, 6.45) is 1.36. The molecule has 36 heavy (non-hydrogen) atoms. The molecule has 1 saturated heterocycles. The highest BCUT2D eigenvalue weighted by atomic mass is 35.5. The predicted octanol–water partition coefficient (Wildman–Crippen LogP) is 6.21. The van der Waals surface area contributed by atoms with Gasteiger partial charge in [0.15, 0.2) is 0 Å². The van der Waals surface area contributed by atoms with Crippen LogP contribution < -0.4 is 19.7 Å². The summed E-state index contributed by atoms with van der Waals surface area (Å²) in [6, 6.07) is 13.9. The van der Waals surface area contributed by atoms with Crippen LogP contribution in [0.1, 0.15) is 16.7 Å². The molecule has 1 aliphatic rings. The van der Waals surface area contributed by atoms with Crippen LogP contribution in [0.15, 0.2) is 60.2 Å². The second kappa shape index (κ2) is 10.6. The first-order valence-electron chi connectivity index (χ1n) is 10.6. The van der Waals surface area contributed by atoms with Crippen molar-refractivity contribution < 1.29 is 23.9 Å². The van der Waals surface area contributed by atoms with Crippen LogP contribution in [-0.2, 0) is 16.2 Å². The van der Waals surface area contributed by atoms with Crippen LogP contribution in [0.2, 0.25) is 15.1 Å². The molecule has 10 heteroatoms. The van der Waals surface area contributed by atoms with Crippen LogP contribution in [0.3, 0.4) is 0 Å². The fourth-order valence-corrected chi connectivity index (χ4v) is 4.16. The molecule has 1 fully saturated rings. The van der Waals surface area contributed by atoms with E-state index in [2.05, 4.69) is 5.32 Å². The molecule has 0 aromatic heterocycles. The number of rotatable bonds is 6. The number of ether oxygens (including phenoxy) is 2. The number of carbonyl (C=O) groups is 3. The minimum atomic E-state index is -0.865. The van der Waals surface area contributed by atoms with Gasteiger partial charge in [0.1, 0.15) is 23.7 Å². The molecule has 1 aliphatic heterocycles. The fourth-order valence-electron chi connectivity index (χ4n) is 3.54. The number of halogens is 3. The minimum Gasteiger partial charge on any atom is -0.497 e. The van der Waals surface area contributed by atoms with Crippen molar-refractivity contribution in [2.45, 2.75) is 13.5 Å². The van der Waals surface area contributed by atoms with Crippen molar-refractivity contribution in [1.82, 2.24) is 5.32 Å². The average Bonchev–Trinajstić information content (AvgIpc) is 2.83. The van der Waals surface area contributed by atoms with E-state index in [9.17, 15) is 14.4 Å². The van der Waals surface area contributed by atoms with Gasteiger partial charge >= 0.3 is 6.03 Å². The van der Waals surface area contributed by atoms with Crippen molar-refractivity contribution in [1.29, 1.82) is 0 Å². The molecule has 3 aromatic rings. The lowest BCUT2D eigenvalue weighted by atomic mass is 10.0. The number of methoxy groups -OCH3 is 1. The molecular formula is C26H19Cl3N2O5. The molecular weight excluding hydrogens is 527 g/mol. The van der Waals surface area contributed by atoms with Crippen molar-refractivity contribution in [3.05, 3.63) is 91.9 Å². The number of hydrogen-bond donors (Lipinski definition) is 1. The van der Waals surface area contributed by atoms with E-state index in [-0.39, 0.29) is 17.9 Å². The molecule has 7 nitrogen and oxygen atoms in total. The lowest BCUT2D eigenvalue weighted by Crippen LogP contribution is -2.54. The van der Waals surface area contributed by atoms with Gasteiger partial charge in [-0.25, -0.2) is 9.69 Å². The van der Waals surface area contributed by atoms with Gasteiger partial charge in [-0.1, -0.05) is 46.9 Å². The quantitative estimate of drug-likeness (QED) is 0.294. The molecule has 0 unspecified atom stereocenters. The number of nitrogens with zero attached hydrogens (tertiary/aromatic N) is 1. The van der Waals surface area contributed by atoms with Crippen molar-refractivity contribution in [3.8, 4) is 11.5 Å². The molecule has 3 aromatic carbocycles. The van der Waals surface area contributed by atoms with E-state index in [0.29, 0.717) is 43.3 Å². The summed E-state index contributed by atoms with van der Waals surface area (Å²) in [7, 11) is 1.50. The number of aryl methyl sites for hydroxylation is 1. The number of urea groups is 1. The molecule has 0 saturated carbocycles. The number of carbonyl (C=O) groups excluding carboxylic acids is 3. The minimum absolute atomic E-state index is 0.0891. The second-order valence-corrected chi connectivity index (χ2v) is 9.10. The van der Waals surface area contributed by atoms with Gasteiger partial charge < -0.3 is 9.47 Å². The van der Waals surface area contributed by atoms with Crippen LogP contribution in [0, 0.1) is 6.92 Å². The van der Waals surface area contributed by atoms with Crippen molar-refractivity contribution >= 4 is 64.4 Å². The van der Waals surface area contributed by atoms with Gasteiger partial charge in [-0.2, -0.15) is 0 Å². The van der Waals surface area contributed by atoms with E-state index < -0.39 is 17.8 Å².